The van der Waals surface area contributed by atoms with Crippen LogP contribution < -0.4 is 9.64 Å². The maximum Gasteiger partial charge on any atom is 0.161 e. The van der Waals surface area contributed by atoms with Crippen molar-refractivity contribution < 1.29 is 18.9 Å². The average Bonchev–Trinajstić information content (AvgIpc) is 3.02. The molecule has 0 bridgehead atoms. The molecule has 6 rings (SSSR count). The summed E-state index contributed by atoms with van der Waals surface area (Å²) in [5.41, 5.74) is 6.78. The van der Waals surface area contributed by atoms with Crippen LogP contribution in [0, 0.1) is 5.92 Å². The van der Waals surface area contributed by atoms with Gasteiger partial charge in [0.25, 0.3) is 0 Å². The highest BCUT2D eigenvalue weighted by molar-refractivity contribution is 5.53. The molecule has 5 nitrogen and oxygen atoms in total. The maximum absolute atomic E-state index is 6.51. The molecule has 0 aromatic heterocycles. The average molecular weight is 584 g/mol. The Balaban J connectivity index is 1.18. The number of aryl methyl sites for hydroxylation is 1. The fourth-order valence-corrected chi connectivity index (χ4v) is 7.73. The quantitative estimate of drug-likeness (QED) is 0.263. The maximum atomic E-state index is 6.51. The van der Waals surface area contributed by atoms with Gasteiger partial charge in [-0.2, -0.15) is 0 Å². The van der Waals surface area contributed by atoms with Crippen molar-refractivity contribution in [3.8, 4) is 5.75 Å². The van der Waals surface area contributed by atoms with Crippen molar-refractivity contribution in [2.45, 2.75) is 88.6 Å². The van der Waals surface area contributed by atoms with Crippen molar-refractivity contribution in [3.63, 3.8) is 0 Å². The molecule has 2 aliphatic heterocycles. The third-order valence-corrected chi connectivity index (χ3v) is 9.94. The number of hydrogen-bond acceptors (Lipinski definition) is 5. The summed E-state index contributed by atoms with van der Waals surface area (Å²) < 4.78 is 23.8. The van der Waals surface area contributed by atoms with Crippen molar-refractivity contribution in [2.24, 2.45) is 5.92 Å². The lowest BCUT2D eigenvalue weighted by atomic mass is 9.69. The van der Waals surface area contributed by atoms with Crippen LogP contribution in [0.15, 0.2) is 72.8 Å². The summed E-state index contributed by atoms with van der Waals surface area (Å²) in [7, 11) is 3.44. The highest BCUT2D eigenvalue weighted by Gasteiger charge is 2.41. The van der Waals surface area contributed by atoms with Gasteiger partial charge in [-0.15, -0.1) is 0 Å². The van der Waals surface area contributed by atoms with E-state index in [-0.39, 0.29) is 17.5 Å². The molecule has 3 atom stereocenters. The van der Waals surface area contributed by atoms with Gasteiger partial charge in [-0.25, -0.2) is 0 Å². The monoisotopic (exact) mass is 583 g/mol. The molecule has 2 heterocycles. The largest absolute Gasteiger partial charge is 0.488 e. The van der Waals surface area contributed by atoms with Gasteiger partial charge in [0.1, 0.15) is 11.4 Å². The lowest BCUT2D eigenvalue weighted by Crippen LogP contribution is -2.50. The standard InChI is InChI=1S/C38H49NO4/c1-37(2,3)43-32-16-18-34-29(25-32)13-17-33(27-9-7-6-8-10-27)35(34)28-11-14-31(15-12-28)39-23-21-38(22-24-39)20-19-30(26-42-38)36(40-4)41-5/h6-12,14-16,18,25,30,33,35-36H,13,17,19-24,26H2,1-5H3/t30?,33-,35+/m1/s1. The van der Waals surface area contributed by atoms with E-state index in [9.17, 15) is 0 Å². The van der Waals surface area contributed by atoms with Crippen LogP contribution in [0.2, 0.25) is 0 Å². The molecule has 230 valence electrons. The van der Waals surface area contributed by atoms with E-state index in [2.05, 4.69) is 98.5 Å². The van der Waals surface area contributed by atoms with Crippen LogP contribution in [0.3, 0.4) is 0 Å². The Labute approximate surface area is 258 Å². The summed E-state index contributed by atoms with van der Waals surface area (Å²) in [6.45, 7) is 9.11. The first-order valence-electron chi connectivity index (χ1n) is 16.2. The van der Waals surface area contributed by atoms with Crippen LogP contribution in [-0.2, 0) is 20.6 Å². The number of fused-ring (bicyclic) bond motifs is 1. The van der Waals surface area contributed by atoms with Gasteiger partial charge in [0.2, 0.25) is 0 Å². The normalized spacial score (nSPS) is 23.8. The molecule has 43 heavy (non-hydrogen) atoms. The summed E-state index contributed by atoms with van der Waals surface area (Å²) in [6.07, 6.45) is 6.34. The number of hydrogen-bond donors (Lipinski definition) is 0. The lowest BCUT2D eigenvalue weighted by molar-refractivity contribution is -0.195. The fourth-order valence-electron chi connectivity index (χ4n) is 7.73. The van der Waals surface area contributed by atoms with E-state index in [0.717, 1.165) is 64.0 Å². The van der Waals surface area contributed by atoms with Crippen LogP contribution in [0.1, 0.15) is 87.0 Å². The van der Waals surface area contributed by atoms with Crippen LogP contribution in [0.25, 0.3) is 0 Å². The first-order valence-corrected chi connectivity index (χ1v) is 16.2. The van der Waals surface area contributed by atoms with Crippen molar-refractivity contribution in [1.29, 1.82) is 0 Å². The summed E-state index contributed by atoms with van der Waals surface area (Å²) in [4.78, 5) is 2.54. The van der Waals surface area contributed by atoms with Gasteiger partial charge < -0.3 is 23.8 Å². The second-order valence-electron chi connectivity index (χ2n) is 13.8. The molecule has 3 aliphatic rings. The molecule has 1 spiro atoms. The molecule has 1 aliphatic carbocycles. The van der Waals surface area contributed by atoms with Crippen molar-refractivity contribution >= 4 is 5.69 Å². The zero-order valence-corrected chi connectivity index (χ0v) is 26.7. The number of methoxy groups -OCH3 is 2. The third kappa shape index (κ3) is 6.64. The number of benzene rings is 3. The molecule has 5 heteroatoms. The Hall–Kier alpha value is -2.86. The van der Waals surface area contributed by atoms with E-state index in [0.29, 0.717) is 17.8 Å². The minimum Gasteiger partial charge on any atom is -0.488 e. The topological polar surface area (TPSA) is 40.2 Å². The Kier molecular flexibility index (Phi) is 8.86. The summed E-state index contributed by atoms with van der Waals surface area (Å²) >= 11 is 0. The molecular formula is C38H49NO4. The van der Waals surface area contributed by atoms with Crippen molar-refractivity contribution in [1.82, 2.24) is 0 Å². The highest BCUT2D eigenvalue weighted by atomic mass is 16.7. The summed E-state index contributed by atoms with van der Waals surface area (Å²) in [5.74, 6) is 2.05. The van der Waals surface area contributed by atoms with Gasteiger partial charge in [-0.1, -0.05) is 48.5 Å². The fraction of sp³-hybridized carbons (Fsp3) is 0.526. The van der Waals surface area contributed by atoms with Crippen LogP contribution in [-0.4, -0.2) is 51.4 Å². The molecule has 0 N–H and O–H groups in total. The summed E-state index contributed by atoms with van der Waals surface area (Å²) in [6, 6.07) is 27.3. The predicted molar refractivity (Wildman–Crippen MR) is 173 cm³/mol. The van der Waals surface area contributed by atoms with Gasteiger partial charge in [-0.3, -0.25) is 0 Å². The van der Waals surface area contributed by atoms with E-state index < -0.39 is 0 Å². The Morgan fingerprint density at radius 2 is 1.56 bits per heavy atom. The number of piperidine rings is 1. The van der Waals surface area contributed by atoms with E-state index >= 15 is 0 Å². The van der Waals surface area contributed by atoms with Crippen LogP contribution in [0.4, 0.5) is 5.69 Å². The molecular weight excluding hydrogens is 534 g/mol. The van der Waals surface area contributed by atoms with E-state index in [1.54, 1.807) is 14.2 Å². The Morgan fingerprint density at radius 3 is 2.19 bits per heavy atom. The van der Waals surface area contributed by atoms with Gasteiger partial charge in [0, 0.05) is 44.8 Å². The predicted octanol–water partition coefficient (Wildman–Crippen LogP) is 8.11. The molecule has 0 saturated carbocycles. The molecule has 3 aromatic rings. The van der Waals surface area contributed by atoms with E-state index in [1.165, 1.54) is 27.9 Å². The first-order chi connectivity index (χ1) is 20.8. The van der Waals surface area contributed by atoms with Crippen LogP contribution in [0.5, 0.6) is 5.75 Å². The number of anilines is 1. The summed E-state index contributed by atoms with van der Waals surface area (Å²) in [5, 5.41) is 0. The molecule has 3 aromatic carbocycles. The zero-order valence-electron chi connectivity index (χ0n) is 26.7. The minimum absolute atomic E-state index is 0.00322. The van der Waals surface area contributed by atoms with E-state index in [1.807, 2.05) is 0 Å². The van der Waals surface area contributed by atoms with E-state index in [4.69, 9.17) is 18.9 Å². The smallest absolute Gasteiger partial charge is 0.161 e. The lowest BCUT2D eigenvalue weighted by Gasteiger charge is -2.47. The van der Waals surface area contributed by atoms with Crippen molar-refractivity contribution in [2.75, 3.05) is 38.8 Å². The molecule has 0 amide bonds. The van der Waals surface area contributed by atoms with Crippen LogP contribution >= 0.6 is 0 Å². The number of rotatable bonds is 7. The number of nitrogens with zero attached hydrogens (tertiary/aromatic N) is 1. The Morgan fingerprint density at radius 1 is 0.837 bits per heavy atom. The molecule has 0 radical (unpaired) electrons. The molecule has 1 unspecified atom stereocenters. The Bertz CT molecular complexity index is 1330. The van der Waals surface area contributed by atoms with Gasteiger partial charge in [-0.05, 0) is 112 Å². The zero-order chi connectivity index (χ0) is 30.0. The van der Waals surface area contributed by atoms with Gasteiger partial charge >= 0.3 is 0 Å². The molecule has 2 fully saturated rings. The van der Waals surface area contributed by atoms with Gasteiger partial charge in [0.15, 0.2) is 6.29 Å². The second-order valence-corrected chi connectivity index (χ2v) is 13.8. The van der Waals surface area contributed by atoms with Gasteiger partial charge in [0.05, 0.1) is 12.2 Å². The number of ether oxygens (including phenoxy) is 4. The highest BCUT2D eigenvalue weighted by Crippen LogP contribution is 2.47. The third-order valence-electron chi connectivity index (χ3n) is 9.94. The van der Waals surface area contributed by atoms with Crippen molar-refractivity contribution in [3.05, 3.63) is 95.1 Å². The SMILES string of the molecule is COC(OC)C1CCC2(CCN(c3ccc([C@@H]4c5ccc(OC(C)(C)C)cc5CC[C@@H]4c4ccccc4)cc3)CC2)OC1. The second kappa shape index (κ2) is 12.6. The first kappa shape index (κ1) is 30.2. The molecule has 2 saturated heterocycles. The minimum atomic E-state index is -0.207.